The molecule has 0 aliphatic carbocycles. The smallest absolute Gasteiger partial charge is 0.326 e. The summed E-state index contributed by atoms with van der Waals surface area (Å²) in [6.45, 7) is 1.24. The van der Waals surface area contributed by atoms with Crippen molar-refractivity contribution in [1.82, 2.24) is 0 Å². The van der Waals surface area contributed by atoms with Gasteiger partial charge in [0.1, 0.15) is 17.5 Å². The van der Waals surface area contributed by atoms with Crippen LogP contribution in [0.15, 0.2) is 48.5 Å². The zero-order chi connectivity index (χ0) is 15.4. The Hall–Kier alpha value is -2.82. The SMILES string of the molecule is CC(=O)C(C(=O)Oc1ccccc1O)c1ccccc1O. The van der Waals surface area contributed by atoms with E-state index in [-0.39, 0.29) is 22.8 Å². The second kappa shape index (κ2) is 6.09. The summed E-state index contributed by atoms with van der Waals surface area (Å²) in [6.07, 6.45) is 0. The number of ether oxygens (including phenoxy) is 1. The number of para-hydroxylation sites is 3. The van der Waals surface area contributed by atoms with Crippen molar-refractivity contribution in [2.24, 2.45) is 0 Å². The largest absolute Gasteiger partial charge is 0.508 e. The summed E-state index contributed by atoms with van der Waals surface area (Å²) in [7, 11) is 0. The van der Waals surface area contributed by atoms with E-state index in [0.717, 1.165) is 0 Å². The molecule has 5 nitrogen and oxygen atoms in total. The Kier molecular flexibility index (Phi) is 4.23. The van der Waals surface area contributed by atoms with Gasteiger partial charge in [-0.1, -0.05) is 30.3 Å². The third-order valence-electron chi connectivity index (χ3n) is 2.97. The number of ketones is 1. The highest BCUT2D eigenvalue weighted by atomic mass is 16.5. The predicted molar refractivity (Wildman–Crippen MR) is 75.3 cm³/mol. The molecule has 1 unspecified atom stereocenters. The lowest BCUT2D eigenvalue weighted by Crippen LogP contribution is -2.24. The van der Waals surface area contributed by atoms with Crippen LogP contribution < -0.4 is 4.74 Å². The van der Waals surface area contributed by atoms with Crippen LogP contribution in [0.3, 0.4) is 0 Å². The van der Waals surface area contributed by atoms with Crippen LogP contribution >= 0.6 is 0 Å². The molecule has 2 rings (SSSR count). The highest BCUT2D eigenvalue weighted by Gasteiger charge is 2.30. The molecule has 0 radical (unpaired) electrons. The van der Waals surface area contributed by atoms with E-state index in [2.05, 4.69) is 0 Å². The first-order chi connectivity index (χ1) is 10.0. The molecule has 2 aromatic rings. The van der Waals surface area contributed by atoms with Gasteiger partial charge in [-0.15, -0.1) is 0 Å². The number of aromatic hydroxyl groups is 2. The van der Waals surface area contributed by atoms with Crippen molar-refractivity contribution in [3.05, 3.63) is 54.1 Å². The van der Waals surface area contributed by atoms with Gasteiger partial charge in [-0.05, 0) is 25.1 Å². The Labute approximate surface area is 121 Å². The number of rotatable bonds is 4. The molecule has 0 aliphatic heterocycles. The number of phenolic OH excluding ortho intramolecular Hbond substituents is 2. The summed E-state index contributed by atoms with van der Waals surface area (Å²) in [4.78, 5) is 23.9. The van der Waals surface area contributed by atoms with Crippen molar-refractivity contribution in [1.29, 1.82) is 0 Å². The van der Waals surface area contributed by atoms with Gasteiger partial charge in [0, 0.05) is 5.56 Å². The summed E-state index contributed by atoms with van der Waals surface area (Å²) in [6, 6.07) is 12.0. The highest BCUT2D eigenvalue weighted by molar-refractivity contribution is 6.04. The Morgan fingerprint density at radius 2 is 1.52 bits per heavy atom. The van der Waals surface area contributed by atoms with Crippen LogP contribution in [0.2, 0.25) is 0 Å². The minimum absolute atomic E-state index is 0.0378. The molecule has 0 amide bonds. The van der Waals surface area contributed by atoms with Crippen LogP contribution in [-0.4, -0.2) is 22.0 Å². The predicted octanol–water partition coefficient (Wildman–Crippen LogP) is 2.38. The number of carbonyl (C=O) groups excluding carboxylic acids is 2. The molecule has 2 aromatic carbocycles. The van der Waals surface area contributed by atoms with E-state index in [4.69, 9.17) is 4.74 Å². The molecular formula is C16H14O5. The quantitative estimate of drug-likeness (QED) is 0.512. The van der Waals surface area contributed by atoms with Gasteiger partial charge in [-0.3, -0.25) is 9.59 Å². The first-order valence-corrected chi connectivity index (χ1v) is 6.28. The van der Waals surface area contributed by atoms with Crippen LogP contribution in [0, 0.1) is 0 Å². The fourth-order valence-electron chi connectivity index (χ4n) is 1.95. The van der Waals surface area contributed by atoms with Crippen LogP contribution in [0.1, 0.15) is 18.4 Å². The molecule has 0 heterocycles. The number of hydrogen-bond acceptors (Lipinski definition) is 5. The fraction of sp³-hybridized carbons (Fsp3) is 0.125. The lowest BCUT2D eigenvalue weighted by Gasteiger charge is -2.15. The molecule has 0 spiro atoms. The maximum Gasteiger partial charge on any atom is 0.326 e. The Balaban J connectivity index is 2.32. The summed E-state index contributed by atoms with van der Waals surface area (Å²) in [5.41, 5.74) is 0.172. The van der Waals surface area contributed by atoms with Crippen LogP contribution in [0.25, 0.3) is 0 Å². The molecule has 1 atom stereocenters. The van der Waals surface area contributed by atoms with E-state index in [1.807, 2.05) is 0 Å². The highest BCUT2D eigenvalue weighted by Crippen LogP contribution is 2.30. The molecule has 21 heavy (non-hydrogen) atoms. The number of benzene rings is 2. The minimum atomic E-state index is -1.24. The number of hydrogen-bond donors (Lipinski definition) is 2. The standard InChI is InChI=1S/C16H14O5/c1-10(17)15(11-6-2-3-7-12(11)18)16(20)21-14-9-5-4-8-13(14)19/h2-9,15,18-19H,1H3. The topological polar surface area (TPSA) is 83.8 Å². The third kappa shape index (κ3) is 3.20. The first-order valence-electron chi connectivity index (χ1n) is 6.28. The van der Waals surface area contributed by atoms with Gasteiger partial charge in [-0.25, -0.2) is 0 Å². The van der Waals surface area contributed by atoms with Crippen molar-refractivity contribution in [2.75, 3.05) is 0 Å². The van der Waals surface area contributed by atoms with Gasteiger partial charge in [0.15, 0.2) is 11.5 Å². The third-order valence-corrected chi connectivity index (χ3v) is 2.97. The molecule has 0 saturated carbocycles. The Bertz CT molecular complexity index is 678. The van der Waals surface area contributed by atoms with Crippen LogP contribution in [0.4, 0.5) is 0 Å². The summed E-state index contributed by atoms with van der Waals surface area (Å²) in [5.74, 6) is -2.96. The van der Waals surface area contributed by atoms with Gasteiger partial charge in [0.2, 0.25) is 0 Å². The molecule has 108 valence electrons. The molecule has 0 fully saturated rings. The second-order valence-corrected chi connectivity index (χ2v) is 4.49. The van der Waals surface area contributed by atoms with Crippen molar-refractivity contribution in [3.8, 4) is 17.2 Å². The van der Waals surface area contributed by atoms with Gasteiger partial charge in [-0.2, -0.15) is 0 Å². The van der Waals surface area contributed by atoms with Crippen LogP contribution in [-0.2, 0) is 9.59 Å². The van der Waals surface area contributed by atoms with Gasteiger partial charge >= 0.3 is 5.97 Å². The van der Waals surface area contributed by atoms with Gasteiger partial charge in [0.05, 0.1) is 0 Å². The molecule has 0 bridgehead atoms. The molecule has 0 aromatic heterocycles. The average molecular weight is 286 g/mol. The monoisotopic (exact) mass is 286 g/mol. The van der Waals surface area contributed by atoms with Crippen molar-refractivity contribution < 1.29 is 24.5 Å². The van der Waals surface area contributed by atoms with E-state index in [9.17, 15) is 19.8 Å². The fourth-order valence-corrected chi connectivity index (χ4v) is 1.95. The summed E-state index contributed by atoms with van der Waals surface area (Å²) >= 11 is 0. The van der Waals surface area contributed by atoms with Crippen molar-refractivity contribution in [3.63, 3.8) is 0 Å². The van der Waals surface area contributed by atoms with Crippen molar-refractivity contribution >= 4 is 11.8 Å². The number of Topliss-reactive ketones (excluding diaryl/α,β-unsaturated/α-hetero) is 1. The zero-order valence-corrected chi connectivity index (χ0v) is 11.3. The maximum absolute atomic E-state index is 12.2. The van der Waals surface area contributed by atoms with E-state index in [1.165, 1.54) is 31.2 Å². The summed E-state index contributed by atoms with van der Waals surface area (Å²) < 4.78 is 5.06. The molecule has 5 heteroatoms. The molecule has 0 aliphatic rings. The van der Waals surface area contributed by atoms with E-state index in [0.29, 0.717) is 0 Å². The normalized spacial score (nSPS) is 11.7. The average Bonchev–Trinajstić information content (AvgIpc) is 2.43. The molecule has 2 N–H and O–H groups in total. The van der Waals surface area contributed by atoms with Crippen molar-refractivity contribution in [2.45, 2.75) is 12.8 Å². The lowest BCUT2D eigenvalue weighted by molar-refractivity contribution is -0.139. The number of esters is 1. The maximum atomic E-state index is 12.2. The number of carbonyl (C=O) groups is 2. The van der Waals surface area contributed by atoms with E-state index in [1.54, 1.807) is 24.3 Å². The Morgan fingerprint density at radius 1 is 0.952 bits per heavy atom. The van der Waals surface area contributed by atoms with Crippen LogP contribution in [0.5, 0.6) is 17.2 Å². The minimum Gasteiger partial charge on any atom is -0.508 e. The van der Waals surface area contributed by atoms with E-state index < -0.39 is 17.7 Å². The van der Waals surface area contributed by atoms with E-state index >= 15 is 0 Å². The Morgan fingerprint density at radius 3 is 2.10 bits per heavy atom. The first kappa shape index (κ1) is 14.6. The zero-order valence-electron chi connectivity index (χ0n) is 11.3. The summed E-state index contributed by atoms with van der Waals surface area (Å²) in [5, 5.41) is 19.4. The second-order valence-electron chi connectivity index (χ2n) is 4.49. The molecule has 0 saturated heterocycles. The lowest BCUT2D eigenvalue weighted by atomic mass is 9.94. The van der Waals surface area contributed by atoms with Gasteiger partial charge in [0.25, 0.3) is 0 Å². The van der Waals surface area contributed by atoms with Gasteiger partial charge < -0.3 is 14.9 Å². The number of phenols is 2. The molecular weight excluding hydrogens is 272 g/mol.